The number of hydrazine groups is 1. The van der Waals surface area contributed by atoms with Gasteiger partial charge in [-0.3, -0.25) is 10.2 Å². The Bertz CT molecular complexity index is 1610. The molecule has 1 aromatic heterocycles. The predicted molar refractivity (Wildman–Crippen MR) is 191 cm³/mol. The summed E-state index contributed by atoms with van der Waals surface area (Å²) >= 11 is 0. The highest BCUT2D eigenvalue weighted by Gasteiger charge is 2.44. The van der Waals surface area contributed by atoms with Crippen molar-refractivity contribution in [3.05, 3.63) is 83.8 Å². The van der Waals surface area contributed by atoms with Crippen molar-refractivity contribution in [2.24, 2.45) is 11.3 Å². The van der Waals surface area contributed by atoms with E-state index in [4.69, 9.17) is 32.8 Å². The van der Waals surface area contributed by atoms with Gasteiger partial charge < -0.3 is 48.6 Å². The number of amides is 3. The molecule has 0 bridgehead atoms. The monoisotopic (exact) mass is 738 g/mol. The highest BCUT2D eigenvalue weighted by Crippen LogP contribution is 2.33. The molecule has 15 nitrogen and oxygen atoms in total. The maximum Gasteiger partial charge on any atom is 0.407 e. The summed E-state index contributed by atoms with van der Waals surface area (Å²) < 4.78 is 38.0. The average Bonchev–Trinajstić information content (AvgIpc) is 3.91. The van der Waals surface area contributed by atoms with Crippen LogP contribution in [0.3, 0.4) is 0 Å². The molecule has 6 atom stereocenters. The number of alkyl carbamates (subject to hydrolysis) is 2. The molecule has 2 aliphatic heterocycles. The minimum atomic E-state index is -1.22. The van der Waals surface area contributed by atoms with Crippen molar-refractivity contribution < 1.29 is 52.3 Å². The van der Waals surface area contributed by atoms with E-state index in [1.807, 2.05) is 51.1 Å². The predicted octanol–water partition coefficient (Wildman–Crippen LogP) is 3.93. The molecule has 15 heteroatoms. The van der Waals surface area contributed by atoms with Crippen LogP contribution in [0, 0.1) is 11.3 Å². The quantitative estimate of drug-likeness (QED) is 0.156. The number of hydrogen-bond acceptors (Lipinski definition) is 12. The Hall–Kier alpha value is -4.83. The van der Waals surface area contributed by atoms with E-state index in [0.717, 1.165) is 16.7 Å². The van der Waals surface area contributed by atoms with Crippen molar-refractivity contribution >= 4 is 18.1 Å². The zero-order chi connectivity index (χ0) is 38.0. The largest absolute Gasteiger partial charge is 0.497 e. The van der Waals surface area contributed by atoms with E-state index in [1.165, 1.54) is 7.11 Å². The van der Waals surface area contributed by atoms with E-state index < -0.39 is 54.1 Å². The van der Waals surface area contributed by atoms with Crippen molar-refractivity contribution in [3.63, 3.8) is 0 Å². The summed E-state index contributed by atoms with van der Waals surface area (Å²) in [7, 11) is 2.79. The summed E-state index contributed by atoms with van der Waals surface area (Å²) in [5.74, 6) is 0.705. The van der Waals surface area contributed by atoms with Gasteiger partial charge in [0.15, 0.2) is 6.29 Å². The number of rotatable bonds is 16. The molecule has 6 unspecified atom stereocenters. The van der Waals surface area contributed by atoms with Crippen LogP contribution in [0.4, 0.5) is 9.59 Å². The molecule has 288 valence electrons. The average molecular weight is 739 g/mol. The molecule has 2 fully saturated rings. The van der Waals surface area contributed by atoms with Gasteiger partial charge >= 0.3 is 12.2 Å². The molecule has 0 saturated carbocycles. The first-order valence-electron chi connectivity index (χ1n) is 17.6. The van der Waals surface area contributed by atoms with Gasteiger partial charge in [-0.2, -0.15) is 0 Å². The maximum absolute atomic E-state index is 13.8. The van der Waals surface area contributed by atoms with Crippen LogP contribution in [0.15, 0.2) is 71.5 Å². The third-order valence-corrected chi connectivity index (χ3v) is 9.16. The van der Waals surface area contributed by atoms with Crippen LogP contribution in [0.5, 0.6) is 11.5 Å². The molecule has 4 N–H and O–H groups in total. The Morgan fingerprint density at radius 2 is 1.64 bits per heavy atom. The molecule has 5 rings (SSSR count). The topological polar surface area (TPSA) is 179 Å². The first kappa shape index (κ1) is 39.4. The lowest BCUT2D eigenvalue weighted by molar-refractivity contribution is -0.131. The number of carbonyl (C=O) groups is 3. The zero-order valence-electron chi connectivity index (χ0n) is 30.7. The minimum Gasteiger partial charge on any atom is -0.497 e. The van der Waals surface area contributed by atoms with E-state index in [-0.39, 0.29) is 32.0 Å². The van der Waals surface area contributed by atoms with E-state index in [2.05, 4.69) is 16.1 Å². The number of furan rings is 1. The maximum atomic E-state index is 13.8. The van der Waals surface area contributed by atoms with Crippen LogP contribution in [0.25, 0.3) is 0 Å². The molecule has 53 heavy (non-hydrogen) atoms. The Labute approximate surface area is 309 Å². The van der Waals surface area contributed by atoms with Crippen molar-refractivity contribution in [3.8, 4) is 11.5 Å². The lowest BCUT2D eigenvalue weighted by Gasteiger charge is -2.34. The number of fused-ring (bicyclic) bond motifs is 1. The van der Waals surface area contributed by atoms with Crippen molar-refractivity contribution in [1.29, 1.82) is 0 Å². The summed E-state index contributed by atoms with van der Waals surface area (Å²) in [4.78, 5) is 39.3. The number of ether oxygens (including phenoxy) is 6. The van der Waals surface area contributed by atoms with Crippen molar-refractivity contribution in [1.82, 2.24) is 21.1 Å². The van der Waals surface area contributed by atoms with Gasteiger partial charge in [-0.1, -0.05) is 45.0 Å². The molecule has 0 aliphatic carbocycles. The van der Waals surface area contributed by atoms with Crippen LogP contribution >= 0.6 is 0 Å². The summed E-state index contributed by atoms with van der Waals surface area (Å²) in [5.41, 5.74) is 4.69. The Kier molecular flexibility index (Phi) is 13.6. The summed E-state index contributed by atoms with van der Waals surface area (Å²) in [5, 5.41) is 18.9. The minimum absolute atomic E-state index is 0.0618. The Balaban J connectivity index is 1.34. The van der Waals surface area contributed by atoms with Crippen molar-refractivity contribution in [2.75, 3.05) is 34.0 Å². The smallest absolute Gasteiger partial charge is 0.407 e. The number of aliphatic hydroxyl groups is 1. The van der Waals surface area contributed by atoms with Crippen molar-refractivity contribution in [2.45, 2.75) is 77.3 Å². The number of nitrogens with one attached hydrogen (secondary N) is 3. The molecule has 0 spiro atoms. The van der Waals surface area contributed by atoms with Crippen LogP contribution in [0.2, 0.25) is 0 Å². The fraction of sp³-hybridized carbons (Fsp3) is 0.500. The number of carbonyl (C=O) groups excluding carboxylic acids is 3. The third-order valence-electron chi connectivity index (χ3n) is 9.16. The van der Waals surface area contributed by atoms with E-state index in [9.17, 15) is 19.5 Å². The van der Waals surface area contributed by atoms with Crippen LogP contribution in [-0.4, -0.2) is 92.8 Å². The van der Waals surface area contributed by atoms with Gasteiger partial charge in [-0.05, 0) is 59.7 Å². The second-order valence-corrected chi connectivity index (χ2v) is 14.2. The summed E-state index contributed by atoms with van der Waals surface area (Å²) in [6.45, 7) is 6.55. The molecule has 3 heterocycles. The highest BCUT2D eigenvalue weighted by molar-refractivity contribution is 5.86. The van der Waals surface area contributed by atoms with Crippen LogP contribution < -0.4 is 25.5 Å². The molecule has 0 radical (unpaired) electrons. The fourth-order valence-corrected chi connectivity index (χ4v) is 6.20. The molecule has 2 aliphatic rings. The number of methoxy groups -OCH3 is 2. The number of hydrogen-bond donors (Lipinski definition) is 4. The second-order valence-electron chi connectivity index (χ2n) is 14.2. The number of aliphatic hydroxyl groups excluding tert-OH is 1. The van der Waals surface area contributed by atoms with E-state index in [1.54, 1.807) is 48.9 Å². The molecule has 3 aromatic rings. The van der Waals surface area contributed by atoms with Crippen LogP contribution in [-0.2, 0) is 43.3 Å². The lowest BCUT2D eigenvalue weighted by atomic mass is 9.86. The Morgan fingerprint density at radius 3 is 2.30 bits per heavy atom. The lowest BCUT2D eigenvalue weighted by Crippen LogP contribution is -2.59. The first-order chi connectivity index (χ1) is 25.4. The van der Waals surface area contributed by atoms with Gasteiger partial charge in [0, 0.05) is 18.7 Å². The SMILES string of the molecule is COC(=O)NC(C(=O)NN(Cc1ccc(OCc2ccoc2)cc1)CC(O)C(Cc1ccc(OC)cc1)NC(=O)OC1COC2OCCC12)C(C)(C)C. The van der Waals surface area contributed by atoms with Gasteiger partial charge in [0.2, 0.25) is 0 Å². The molecule has 2 saturated heterocycles. The second kappa shape index (κ2) is 18.3. The summed E-state index contributed by atoms with van der Waals surface area (Å²) in [6.07, 6.45) is 0.570. The fourth-order valence-electron chi connectivity index (χ4n) is 6.20. The van der Waals surface area contributed by atoms with Gasteiger partial charge in [0.25, 0.3) is 5.91 Å². The van der Waals surface area contributed by atoms with Gasteiger partial charge in [-0.15, -0.1) is 0 Å². The van der Waals surface area contributed by atoms with E-state index in [0.29, 0.717) is 31.1 Å². The summed E-state index contributed by atoms with van der Waals surface area (Å²) in [6, 6.07) is 14.6. The number of benzene rings is 2. The number of nitrogens with zero attached hydrogens (tertiary/aromatic N) is 1. The molecule has 2 aromatic carbocycles. The first-order valence-corrected chi connectivity index (χ1v) is 17.6. The van der Waals surface area contributed by atoms with E-state index >= 15 is 0 Å². The molecule has 3 amide bonds. The zero-order valence-corrected chi connectivity index (χ0v) is 30.7. The normalized spacial score (nSPS) is 19.8. The standard InChI is InChI=1S/C38H50N4O11/c1-38(2,3)33(40-36(45)48-5)34(44)41-42(19-25-8-12-28(13-9-25)51-22-26-14-16-49-21-26)20-31(43)30(18-24-6-10-27(47-4)11-7-24)39-37(46)53-32-23-52-35-29(32)15-17-50-35/h6-14,16,21,29-33,35,43H,15,17-20,22-23H2,1-5H3,(H,39,46)(H,40,45)(H,41,44). The van der Waals surface area contributed by atoms with Gasteiger partial charge in [0.05, 0.1) is 58.0 Å². The van der Waals surface area contributed by atoms with Crippen LogP contribution in [0.1, 0.15) is 43.9 Å². The molecular formula is C38H50N4O11. The third kappa shape index (κ3) is 11.3. The molecular weight excluding hydrogens is 688 g/mol. The highest BCUT2D eigenvalue weighted by atomic mass is 16.7. The van der Waals surface area contributed by atoms with Gasteiger partial charge in [-0.25, -0.2) is 14.6 Å². The Morgan fingerprint density at radius 1 is 0.925 bits per heavy atom. The van der Waals surface area contributed by atoms with Gasteiger partial charge in [0.1, 0.15) is 30.3 Å².